The number of aryl methyl sites for hydroxylation is 1. The Morgan fingerprint density at radius 1 is 1.00 bits per heavy atom. The van der Waals surface area contributed by atoms with Gasteiger partial charge in [0.25, 0.3) is 0 Å². The van der Waals surface area contributed by atoms with Crippen LogP contribution in [0.15, 0.2) is 72.9 Å². The fourth-order valence-electron chi connectivity index (χ4n) is 2.59. The smallest absolute Gasteiger partial charge is 0.244 e. The highest BCUT2D eigenvalue weighted by Crippen LogP contribution is 2.15. The van der Waals surface area contributed by atoms with Crippen molar-refractivity contribution >= 4 is 22.9 Å². The summed E-state index contributed by atoms with van der Waals surface area (Å²) in [4.78, 5) is 11.8. The number of hydrogen-bond acceptors (Lipinski definition) is 1. The fourth-order valence-corrected chi connectivity index (χ4v) is 2.59. The number of fused-ring (bicyclic) bond motifs is 1. The monoisotopic (exact) mass is 304 g/mol. The van der Waals surface area contributed by atoms with Crippen LogP contribution in [-0.4, -0.2) is 17.0 Å². The average Bonchev–Trinajstić information content (AvgIpc) is 3.01. The number of amides is 1. The van der Waals surface area contributed by atoms with Crippen molar-refractivity contribution < 1.29 is 4.79 Å². The first-order valence-corrected chi connectivity index (χ1v) is 7.88. The second kappa shape index (κ2) is 7.45. The standard InChI is InChI=1S/C20H20N2O/c23-20(12-11-17-7-2-1-3-8-17)21-14-6-15-22-16-13-18-9-4-5-10-19(18)22/h1-5,7-13,16H,6,14-15H2,(H,21,23). The van der Waals surface area contributed by atoms with Gasteiger partial charge in [-0.15, -0.1) is 0 Å². The molecule has 1 aromatic heterocycles. The van der Waals surface area contributed by atoms with Crippen molar-refractivity contribution in [2.24, 2.45) is 0 Å². The fraction of sp³-hybridized carbons (Fsp3) is 0.150. The molecule has 0 saturated carbocycles. The van der Waals surface area contributed by atoms with Crippen LogP contribution in [0.3, 0.4) is 0 Å². The molecule has 3 aromatic rings. The van der Waals surface area contributed by atoms with Gasteiger partial charge >= 0.3 is 0 Å². The van der Waals surface area contributed by atoms with E-state index in [4.69, 9.17) is 0 Å². The number of aromatic nitrogens is 1. The number of para-hydroxylation sites is 1. The molecule has 0 aliphatic rings. The molecule has 1 amide bonds. The summed E-state index contributed by atoms with van der Waals surface area (Å²) in [7, 11) is 0. The lowest BCUT2D eigenvalue weighted by molar-refractivity contribution is -0.116. The summed E-state index contributed by atoms with van der Waals surface area (Å²) in [6.45, 7) is 1.57. The maximum Gasteiger partial charge on any atom is 0.244 e. The molecular formula is C20H20N2O. The van der Waals surface area contributed by atoms with Gasteiger partial charge in [0.05, 0.1) is 0 Å². The molecule has 1 heterocycles. The van der Waals surface area contributed by atoms with E-state index in [1.54, 1.807) is 6.08 Å². The van der Waals surface area contributed by atoms with Crippen LogP contribution in [-0.2, 0) is 11.3 Å². The minimum Gasteiger partial charge on any atom is -0.352 e. The molecule has 0 atom stereocenters. The van der Waals surface area contributed by atoms with Crippen LogP contribution < -0.4 is 5.32 Å². The number of hydrogen-bond donors (Lipinski definition) is 1. The van der Waals surface area contributed by atoms with Gasteiger partial charge in [0, 0.05) is 30.9 Å². The average molecular weight is 304 g/mol. The molecule has 23 heavy (non-hydrogen) atoms. The maximum absolute atomic E-state index is 11.8. The quantitative estimate of drug-likeness (QED) is 0.544. The van der Waals surface area contributed by atoms with E-state index in [0.717, 1.165) is 18.5 Å². The van der Waals surface area contributed by atoms with Crippen LogP contribution in [0.25, 0.3) is 17.0 Å². The van der Waals surface area contributed by atoms with E-state index in [1.807, 2.05) is 42.5 Å². The topological polar surface area (TPSA) is 34.0 Å². The second-order valence-corrected chi connectivity index (χ2v) is 5.46. The predicted octanol–water partition coefficient (Wildman–Crippen LogP) is 3.86. The first kappa shape index (κ1) is 15.1. The van der Waals surface area contributed by atoms with Gasteiger partial charge in [-0.25, -0.2) is 0 Å². The summed E-state index contributed by atoms with van der Waals surface area (Å²) in [6.07, 6.45) is 6.42. The Bertz CT molecular complexity index is 803. The molecule has 1 N–H and O–H groups in total. The molecule has 0 radical (unpaired) electrons. The summed E-state index contributed by atoms with van der Waals surface area (Å²) < 4.78 is 2.22. The molecule has 0 spiro atoms. The first-order valence-electron chi connectivity index (χ1n) is 7.88. The Morgan fingerprint density at radius 3 is 2.65 bits per heavy atom. The van der Waals surface area contributed by atoms with E-state index in [2.05, 4.69) is 40.3 Å². The van der Waals surface area contributed by atoms with Crippen LogP contribution >= 0.6 is 0 Å². The number of rotatable bonds is 6. The first-order chi connectivity index (χ1) is 11.3. The Hall–Kier alpha value is -2.81. The minimum atomic E-state index is -0.0498. The molecule has 2 aromatic carbocycles. The van der Waals surface area contributed by atoms with Gasteiger partial charge in [0.1, 0.15) is 0 Å². The zero-order valence-electron chi connectivity index (χ0n) is 13.0. The second-order valence-electron chi connectivity index (χ2n) is 5.46. The summed E-state index contributed by atoms with van der Waals surface area (Å²) in [5.74, 6) is -0.0498. The van der Waals surface area contributed by atoms with Gasteiger partial charge in [0.2, 0.25) is 5.91 Å². The van der Waals surface area contributed by atoms with Gasteiger partial charge in [-0.05, 0) is 35.6 Å². The largest absolute Gasteiger partial charge is 0.352 e. The lowest BCUT2D eigenvalue weighted by Crippen LogP contribution is -2.23. The molecule has 0 saturated heterocycles. The molecule has 0 aliphatic heterocycles. The Morgan fingerprint density at radius 2 is 1.78 bits per heavy atom. The van der Waals surface area contributed by atoms with Crippen LogP contribution in [0.5, 0.6) is 0 Å². The third kappa shape index (κ3) is 4.10. The van der Waals surface area contributed by atoms with Crippen molar-refractivity contribution in [2.45, 2.75) is 13.0 Å². The lowest BCUT2D eigenvalue weighted by atomic mass is 10.2. The Kier molecular flexibility index (Phi) is 4.89. The van der Waals surface area contributed by atoms with Crippen molar-refractivity contribution in [2.75, 3.05) is 6.54 Å². The van der Waals surface area contributed by atoms with E-state index in [1.165, 1.54) is 10.9 Å². The Balaban J connectivity index is 1.44. The molecule has 0 fully saturated rings. The number of benzene rings is 2. The Labute approximate surface area is 136 Å². The summed E-state index contributed by atoms with van der Waals surface area (Å²) in [6, 6.07) is 20.3. The van der Waals surface area contributed by atoms with Gasteiger partial charge in [-0.2, -0.15) is 0 Å². The normalized spacial score (nSPS) is 11.1. The zero-order chi connectivity index (χ0) is 15.9. The molecule has 3 nitrogen and oxygen atoms in total. The van der Waals surface area contributed by atoms with E-state index in [-0.39, 0.29) is 5.91 Å². The summed E-state index contributed by atoms with van der Waals surface area (Å²) in [5.41, 5.74) is 2.27. The number of carbonyl (C=O) groups excluding carboxylic acids is 1. The predicted molar refractivity (Wildman–Crippen MR) is 95.0 cm³/mol. The van der Waals surface area contributed by atoms with Gasteiger partial charge in [0.15, 0.2) is 0 Å². The van der Waals surface area contributed by atoms with Crippen molar-refractivity contribution in [3.63, 3.8) is 0 Å². The molecule has 0 unspecified atom stereocenters. The van der Waals surface area contributed by atoms with Gasteiger partial charge in [-0.1, -0.05) is 48.5 Å². The lowest BCUT2D eigenvalue weighted by Gasteiger charge is -2.06. The minimum absolute atomic E-state index is 0.0498. The van der Waals surface area contributed by atoms with Crippen LogP contribution in [0.1, 0.15) is 12.0 Å². The molecule has 0 bridgehead atoms. The van der Waals surface area contributed by atoms with Crippen molar-refractivity contribution in [3.8, 4) is 0 Å². The third-order valence-corrected chi connectivity index (χ3v) is 3.78. The molecular weight excluding hydrogens is 284 g/mol. The summed E-state index contributed by atoms with van der Waals surface area (Å²) in [5, 5.41) is 4.18. The van der Waals surface area contributed by atoms with Crippen molar-refractivity contribution in [1.29, 1.82) is 0 Å². The maximum atomic E-state index is 11.8. The highest BCUT2D eigenvalue weighted by Gasteiger charge is 2.00. The van der Waals surface area contributed by atoms with Gasteiger partial charge in [-0.3, -0.25) is 4.79 Å². The number of nitrogens with one attached hydrogen (secondary N) is 1. The SMILES string of the molecule is O=C(C=Cc1ccccc1)NCCCn1ccc2ccccc21. The number of carbonyl (C=O) groups is 1. The van der Waals surface area contributed by atoms with E-state index in [0.29, 0.717) is 6.54 Å². The summed E-state index contributed by atoms with van der Waals surface area (Å²) >= 11 is 0. The van der Waals surface area contributed by atoms with Crippen LogP contribution in [0.2, 0.25) is 0 Å². The van der Waals surface area contributed by atoms with Crippen LogP contribution in [0, 0.1) is 0 Å². The highest BCUT2D eigenvalue weighted by molar-refractivity contribution is 5.91. The molecule has 3 rings (SSSR count). The van der Waals surface area contributed by atoms with Gasteiger partial charge < -0.3 is 9.88 Å². The van der Waals surface area contributed by atoms with Crippen LogP contribution in [0.4, 0.5) is 0 Å². The van der Waals surface area contributed by atoms with E-state index < -0.39 is 0 Å². The zero-order valence-corrected chi connectivity index (χ0v) is 13.0. The van der Waals surface area contributed by atoms with Crippen molar-refractivity contribution in [3.05, 3.63) is 78.5 Å². The molecule has 116 valence electrons. The van der Waals surface area contributed by atoms with Crippen molar-refractivity contribution in [1.82, 2.24) is 9.88 Å². The van der Waals surface area contributed by atoms with E-state index >= 15 is 0 Å². The number of nitrogens with zero attached hydrogens (tertiary/aromatic N) is 1. The molecule has 3 heteroatoms. The molecule has 0 aliphatic carbocycles. The highest BCUT2D eigenvalue weighted by atomic mass is 16.1. The van der Waals surface area contributed by atoms with E-state index in [9.17, 15) is 4.79 Å². The third-order valence-electron chi connectivity index (χ3n) is 3.78.